The molecule has 0 saturated carbocycles. The van der Waals surface area contributed by atoms with E-state index in [0.717, 1.165) is 0 Å². The zero-order valence-corrected chi connectivity index (χ0v) is 5.38. The van der Waals surface area contributed by atoms with E-state index in [4.69, 9.17) is 10.2 Å². The quantitative estimate of drug-likeness (QED) is 0.166. The van der Waals surface area contributed by atoms with Gasteiger partial charge in [0.05, 0.1) is 13.2 Å². The van der Waals surface area contributed by atoms with Crippen molar-refractivity contribution in [2.45, 2.75) is 0 Å². The molecule has 0 atom stereocenters. The summed E-state index contributed by atoms with van der Waals surface area (Å²) in [6.45, 7) is 1.42. The van der Waals surface area contributed by atoms with E-state index in [-0.39, 0.29) is 13.2 Å². The predicted octanol–water partition coefficient (Wildman–Crippen LogP) is -2.62. The number of hydrazine groups is 1. The Labute approximate surface area is 54.6 Å². The van der Waals surface area contributed by atoms with Crippen LogP contribution in [-0.2, 0) is 0 Å². The van der Waals surface area contributed by atoms with E-state index in [2.05, 4.69) is 17.0 Å². The zero-order valence-electron chi connectivity index (χ0n) is 5.38. The molecule has 0 aromatic carbocycles. The second kappa shape index (κ2) is 15.7. The molecule has 0 spiro atoms. The smallest absolute Gasteiger partial charge is 0.0555 e. The molecule has 0 aromatic rings. The summed E-state index contributed by atoms with van der Waals surface area (Å²) >= 11 is 0. The molecule has 0 aliphatic carbocycles. The first-order valence-corrected chi connectivity index (χ1v) is 2.67. The topological polar surface area (TPSA) is 105 Å². The van der Waals surface area contributed by atoms with Gasteiger partial charge in [-0.05, 0) is 0 Å². The molecular weight excluding hydrogens is 122 g/mol. The van der Waals surface area contributed by atoms with E-state index in [9.17, 15) is 0 Å². The number of rotatable bonds is 4. The zero-order chi connectivity index (χ0) is 7.54. The molecule has 0 rings (SSSR count). The standard InChI is InChI=1S/C4H11NO2.H4N2/c6-3-1-5-2-4-7;1-2/h5-7H,1-4H2;1-2H2. The van der Waals surface area contributed by atoms with Crippen molar-refractivity contribution in [2.24, 2.45) is 11.7 Å². The normalized spacial score (nSPS) is 8.00. The van der Waals surface area contributed by atoms with Crippen LogP contribution in [0.5, 0.6) is 0 Å². The van der Waals surface area contributed by atoms with Crippen molar-refractivity contribution in [3.05, 3.63) is 0 Å². The Kier molecular flexibility index (Phi) is 20.1. The van der Waals surface area contributed by atoms with Gasteiger partial charge in [-0.25, -0.2) is 0 Å². The Bertz CT molecular complexity index is 33.0. The van der Waals surface area contributed by atoms with Gasteiger partial charge in [0.15, 0.2) is 0 Å². The van der Waals surface area contributed by atoms with Crippen molar-refractivity contribution in [1.82, 2.24) is 5.32 Å². The molecule has 0 fully saturated rings. The molecule has 0 amide bonds. The molecule has 0 bridgehead atoms. The molecule has 0 aliphatic rings. The number of aliphatic hydroxyl groups is 2. The Hall–Kier alpha value is -0.200. The number of nitrogens with two attached hydrogens (primary N) is 2. The molecule has 58 valence electrons. The first-order chi connectivity index (χ1) is 4.41. The van der Waals surface area contributed by atoms with Crippen LogP contribution in [0.3, 0.4) is 0 Å². The Morgan fingerprint density at radius 3 is 1.56 bits per heavy atom. The van der Waals surface area contributed by atoms with E-state index in [1.807, 2.05) is 0 Å². The Morgan fingerprint density at radius 1 is 1.00 bits per heavy atom. The Balaban J connectivity index is 0. The van der Waals surface area contributed by atoms with Crippen LogP contribution in [0.15, 0.2) is 0 Å². The Morgan fingerprint density at radius 2 is 1.33 bits per heavy atom. The summed E-state index contributed by atoms with van der Waals surface area (Å²) < 4.78 is 0. The van der Waals surface area contributed by atoms with E-state index in [1.54, 1.807) is 0 Å². The monoisotopic (exact) mass is 137 g/mol. The van der Waals surface area contributed by atoms with Gasteiger partial charge in [-0.1, -0.05) is 0 Å². The van der Waals surface area contributed by atoms with Gasteiger partial charge in [0.25, 0.3) is 0 Å². The fourth-order valence-corrected chi connectivity index (χ4v) is 0.283. The van der Waals surface area contributed by atoms with Gasteiger partial charge in [-0.3, -0.25) is 11.7 Å². The number of hydrogen-bond donors (Lipinski definition) is 5. The van der Waals surface area contributed by atoms with Crippen molar-refractivity contribution in [3.8, 4) is 0 Å². The van der Waals surface area contributed by atoms with E-state index in [1.165, 1.54) is 0 Å². The molecule has 0 aliphatic heterocycles. The van der Waals surface area contributed by atoms with Crippen molar-refractivity contribution >= 4 is 0 Å². The van der Waals surface area contributed by atoms with Gasteiger partial charge in [0.1, 0.15) is 0 Å². The lowest BCUT2D eigenvalue weighted by Crippen LogP contribution is -2.21. The minimum absolute atomic E-state index is 0.139. The lowest BCUT2D eigenvalue weighted by molar-refractivity contribution is 0.267. The average molecular weight is 137 g/mol. The summed E-state index contributed by atoms with van der Waals surface area (Å²) in [4.78, 5) is 0. The second-order valence-corrected chi connectivity index (χ2v) is 1.20. The molecule has 5 heteroatoms. The highest BCUT2D eigenvalue weighted by molar-refractivity contribution is 4.39. The highest BCUT2D eigenvalue weighted by Gasteiger charge is 1.78. The summed E-state index contributed by atoms with van der Waals surface area (Å²) in [6.07, 6.45) is 0. The molecule has 5 nitrogen and oxygen atoms in total. The first-order valence-electron chi connectivity index (χ1n) is 2.67. The van der Waals surface area contributed by atoms with Gasteiger partial charge < -0.3 is 15.5 Å². The largest absolute Gasteiger partial charge is 0.395 e. The summed E-state index contributed by atoms with van der Waals surface area (Å²) in [7, 11) is 0. The van der Waals surface area contributed by atoms with E-state index < -0.39 is 0 Å². The van der Waals surface area contributed by atoms with Crippen molar-refractivity contribution in [2.75, 3.05) is 26.3 Å². The van der Waals surface area contributed by atoms with Gasteiger partial charge in [-0.15, -0.1) is 0 Å². The van der Waals surface area contributed by atoms with Crippen LogP contribution in [0.25, 0.3) is 0 Å². The molecule has 7 N–H and O–H groups in total. The fourth-order valence-electron chi connectivity index (χ4n) is 0.283. The molecular formula is C4H15N3O2. The molecule has 9 heavy (non-hydrogen) atoms. The third-order valence-corrected chi connectivity index (χ3v) is 0.577. The number of aliphatic hydroxyl groups excluding tert-OH is 2. The van der Waals surface area contributed by atoms with Gasteiger partial charge in [0.2, 0.25) is 0 Å². The summed E-state index contributed by atoms with van der Waals surface area (Å²) in [5.74, 6) is 8.00. The lowest BCUT2D eigenvalue weighted by Gasteiger charge is -1.94. The van der Waals surface area contributed by atoms with Crippen LogP contribution < -0.4 is 17.0 Å². The summed E-state index contributed by atoms with van der Waals surface area (Å²) in [5, 5.41) is 19.1. The second-order valence-electron chi connectivity index (χ2n) is 1.20. The summed E-state index contributed by atoms with van der Waals surface area (Å²) in [5.41, 5.74) is 0. The van der Waals surface area contributed by atoms with Crippen LogP contribution in [0.4, 0.5) is 0 Å². The van der Waals surface area contributed by atoms with Gasteiger partial charge in [-0.2, -0.15) is 0 Å². The van der Waals surface area contributed by atoms with Gasteiger partial charge in [0, 0.05) is 13.1 Å². The lowest BCUT2D eigenvalue weighted by atomic mass is 10.6. The molecule has 0 heterocycles. The highest BCUT2D eigenvalue weighted by Crippen LogP contribution is 1.54. The number of nitrogens with one attached hydrogen (secondary N) is 1. The maximum Gasteiger partial charge on any atom is 0.0555 e. The minimum atomic E-state index is 0.139. The van der Waals surface area contributed by atoms with E-state index >= 15 is 0 Å². The third kappa shape index (κ3) is 18.2. The molecule has 0 aromatic heterocycles. The van der Waals surface area contributed by atoms with Crippen LogP contribution in [-0.4, -0.2) is 36.5 Å². The summed E-state index contributed by atoms with van der Waals surface area (Å²) in [6, 6.07) is 0. The van der Waals surface area contributed by atoms with Gasteiger partial charge >= 0.3 is 0 Å². The maximum atomic E-state index is 8.15. The SMILES string of the molecule is NN.OCCNCCO. The first kappa shape index (κ1) is 11.6. The van der Waals surface area contributed by atoms with Crippen molar-refractivity contribution < 1.29 is 10.2 Å². The van der Waals surface area contributed by atoms with Crippen LogP contribution in [0.2, 0.25) is 0 Å². The van der Waals surface area contributed by atoms with Crippen LogP contribution in [0, 0.1) is 0 Å². The maximum absolute atomic E-state index is 8.15. The fraction of sp³-hybridized carbons (Fsp3) is 1.00. The van der Waals surface area contributed by atoms with Crippen LogP contribution in [0.1, 0.15) is 0 Å². The van der Waals surface area contributed by atoms with Crippen molar-refractivity contribution in [1.29, 1.82) is 0 Å². The van der Waals surface area contributed by atoms with E-state index in [0.29, 0.717) is 13.1 Å². The average Bonchev–Trinajstić information content (AvgIpc) is 1.94. The third-order valence-electron chi connectivity index (χ3n) is 0.577. The molecule has 0 unspecified atom stereocenters. The van der Waals surface area contributed by atoms with Crippen molar-refractivity contribution in [3.63, 3.8) is 0 Å². The predicted molar refractivity (Wildman–Crippen MR) is 35.4 cm³/mol. The highest BCUT2D eigenvalue weighted by atomic mass is 16.3. The number of hydrogen-bond acceptors (Lipinski definition) is 5. The van der Waals surface area contributed by atoms with Crippen LogP contribution >= 0.6 is 0 Å². The molecule has 0 radical (unpaired) electrons. The molecule has 0 saturated heterocycles. The minimum Gasteiger partial charge on any atom is -0.395 e.